The molecule has 0 spiro atoms. The summed E-state index contributed by atoms with van der Waals surface area (Å²) in [6.07, 6.45) is 5.42. The van der Waals surface area contributed by atoms with Crippen molar-refractivity contribution >= 4 is 0 Å². The third-order valence-corrected chi connectivity index (χ3v) is 2.38. The second-order valence-electron chi connectivity index (χ2n) is 4.97. The van der Waals surface area contributed by atoms with Crippen molar-refractivity contribution in [1.29, 1.82) is 0 Å². The molecule has 0 heterocycles. The Balaban J connectivity index is 2.56. The standard InChI is InChI=1S/C11H20/c1-9-6-5-7-10(9)8-11(2,3)4/h5-8H2,1-4H3. The summed E-state index contributed by atoms with van der Waals surface area (Å²) in [6, 6.07) is 0. The largest absolute Gasteiger partial charge is 0.0741 e. The topological polar surface area (TPSA) is 0 Å². The first-order chi connectivity index (χ1) is 4.99. The lowest BCUT2D eigenvalue weighted by Crippen LogP contribution is -2.05. The lowest BCUT2D eigenvalue weighted by atomic mass is 9.87. The zero-order valence-corrected chi connectivity index (χ0v) is 8.33. The SMILES string of the molecule is CC1=C(CC(C)(C)C)CCC1. The molecule has 0 nitrogen and oxygen atoms in total. The first-order valence-corrected chi connectivity index (χ1v) is 4.66. The Morgan fingerprint density at radius 1 is 1.18 bits per heavy atom. The van der Waals surface area contributed by atoms with Crippen LogP contribution < -0.4 is 0 Å². The van der Waals surface area contributed by atoms with Crippen LogP contribution in [0.4, 0.5) is 0 Å². The van der Waals surface area contributed by atoms with E-state index in [1.165, 1.54) is 25.7 Å². The molecule has 1 rings (SSSR count). The Bertz CT molecular complexity index is 167. The minimum atomic E-state index is 0.487. The van der Waals surface area contributed by atoms with Crippen molar-refractivity contribution < 1.29 is 0 Å². The van der Waals surface area contributed by atoms with Crippen LogP contribution in [0.1, 0.15) is 53.4 Å². The molecule has 0 aromatic heterocycles. The fraction of sp³-hybridized carbons (Fsp3) is 0.818. The molecule has 0 fully saturated rings. The third-order valence-electron chi connectivity index (χ3n) is 2.38. The summed E-state index contributed by atoms with van der Waals surface area (Å²) in [4.78, 5) is 0. The van der Waals surface area contributed by atoms with Gasteiger partial charge in [-0.1, -0.05) is 31.9 Å². The van der Waals surface area contributed by atoms with Crippen molar-refractivity contribution in [2.45, 2.75) is 53.4 Å². The van der Waals surface area contributed by atoms with E-state index in [-0.39, 0.29) is 0 Å². The van der Waals surface area contributed by atoms with Crippen molar-refractivity contribution in [3.63, 3.8) is 0 Å². The molecule has 0 heteroatoms. The summed E-state index contributed by atoms with van der Waals surface area (Å²) < 4.78 is 0. The average molecular weight is 152 g/mol. The van der Waals surface area contributed by atoms with Crippen LogP contribution in [-0.2, 0) is 0 Å². The van der Waals surface area contributed by atoms with Gasteiger partial charge in [0.2, 0.25) is 0 Å². The molecule has 0 saturated carbocycles. The maximum Gasteiger partial charge on any atom is -0.0269 e. The van der Waals surface area contributed by atoms with Gasteiger partial charge in [0.25, 0.3) is 0 Å². The molecule has 0 bridgehead atoms. The van der Waals surface area contributed by atoms with E-state index in [1.54, 1.807) is 11.1 Å². The molecular formula is C11H20. The lowest BCUT2D eigenvalue weighted by Gasteiger charge is -2.19. The molecule has 0 amide bonds. The molecule has 1 aliphatic rings. The van der Waals surface area contributed by atoms with E-state index in [9.17, 15) is 0 Å². The monoisotopic (exact) mass is 152 g/mol. The molecule has 0 radical (unpaired) electrons. The summed E-state index contributed by atoms with van der Waals surface area (Å²) in [5.74, 6) is 0. The van der Waals surface area contributed by atoms with E-state index in [0.717, 1.165) is 0 Å². The highest BCUT2D eigenvalue weighted by Crippen LogP contribution is 2.34. The smallest absolute Gasteiger partial charge is 0.0269 e. The first kappa shape index (κ1) is 8.83. The van der Waals surface area contributed by atoms with Crippen molar-refractivity contribution in [1.82, 2.24) is 0 Å². The van der Waals surface area contributed by atoms with E-state index in [2.05, 4.69) is 27.7 Å². The molecule has 0 unspecified atom stereocenters. The predicted octanol–water partition coefficient (Wildman–Crippen LogP) is 3.92. The minimum absolute atomic E-state index is 0.487. The summed E-state index contributed by atoms with van der Waals surface area (Å²) in [5, 5.41) is 0. The highest BCUT2D eigenvalue weighted by atomic mass is 14.2. The van der Waals surface area contributed by atoms with Gasteiger partial charge >= 0.3 is 0 Å². The van der Waals surface area contributed by atoms with Crippen LogP contribution in [0, 0.1) is 5.41 Å². The van der Waals surface area contributed by atoms with Crippen LogP contribution >= 0.6 is 0 Å². The Labute approximate surface area is 70.7 Å². The Kier molecular flexibility index (Phi) is 2.41. The van der Waals surface area contributed by atoms with Gasteiger partial charge in [-0.05, 0) is 38.0 Å². The molecule has 0 atom stereocenters. The van der Waals surface area contributed by atoms with E-state index in [0.29, 0.717) is 5.41 Å². The maximum atomic E-state index is 2.33. The molecule has 0 N–H and O–H groups in total. The van der Waals surface area contributed by atoms with Crippen LogP contribution in [0.15, 0.2) is 11.1 Å². The zero-order valence-electron chi connectivity index (χ0n) is 8.33. The van der Waals surface area contributed by atoms with Crippen molar-refractivity contribution in [3.05, 3.63) is 11.1 Å². The van der Waals surface area contributed by atoms with Crippen LogP contribution in [0.25, 0.3) is 0 Å². The molecule has 0 aromatic carbocycles. The lowest BCUT2D eigenvalue weighted by molar-refractivity contribution is 0.405. The quantitative estimate of drug-likeness (QED) is 0.499. The van der Waals surface area contributed by atoms with Gasteiger partial charge in [-0.15, -0.1) is 0 Å². The maximum absolute atomic E-state index is 2.33. The summed E-state index contributed by atoms with van der Waals surface area (Å²) in [5.41, 5.74) is 3.89. The van der Waals surface area contributed by atoms with E-state index < -0.39 is 0 Å². The van der Waals surface area contributed by atoms with Crippen molar-refractivity contribution in [2.24, 2.45) is 5.41 Å². The second-order valence-corrected chi connectivity index (χ2v) is 4.97. The predicted molar refractivity (Wildman–Crippen MR) is 50.6 cm³/mol. The number of rotatable bonds is 1. The fourth-order valence-corrected chi connectivity index (χ4v) is 1.84. The normalized spacial score (nSPS) is 19.6. The second kappa shape index (κ2) is 3.00. The van der Waals surface area contributed by atoms with E-state index in [1.807, 2.05) is 0 Å². The van der Waals surface area contributed by atoms with Gasteiger partial charge in [0.15, 0.2) is 0 Å². The van der Waals surface area contributed by atoms with Crippen molar-refractivity contribution in [3.8, 4) is 0 Å². The number of allylic oxidation sites excluding steroid dienone is 2. The molecule has 64 valence electrons. The highest BCUT2D eigenvalue weighted by molar-refractivity contribution is 5.18. The van der Waals surface area contributed by atoms with Gasteiger partial charge in [0, 0.05) is 0 Å². The van der Waals surface area contributed by atoms with E-state index >= 15 is 0 Å². The van der Waals surface area contributed by atoms with Gasteiger partial charge in [0.1, 0.15) is 0 Å². The number of hydrogen-bond acceptors (Lipinski definition) is 0. The summed E-state index contributed by atoms with van der Waals surface area (Å²) in [6.45, 7) is 9.27. The van der Waals surface area contributed by atoms with E-state index in [4.69, 9.17) is 0 Å². The summed E-state index contributed by atoms with van der Waals surface area (Å²) >= 11 is 0. The molecule has 1 aliphatic carbocycles. The van der Waals surface area contributed by atoms with Gasteiger partial charge in [-0.25, -0.2) is 0 Å². The average Bonchev–Trinajstić information content (AvgIpc) is 2.12. The highest BCUT2D eigenvalue weighted by Gasteiger charge is 2.17. The minimum Gasteiger partial charge on any atom is -0.0741 e. The molecule has 0 aromatic rings. The van der Waals surface area contributed by atoms with Gasteiger partial charge in [-0.3, -0.25) is 0 Å². The Morgan fingerprint density at radius 2 is 1.82 bits per heavy atom. The van der Waals surface area contributed by atoms with Crippen LogP contribution in [0.2, 0.25) is 0 Å². The Hall–Kier alpha value is -0.260. The van der Waals surface area contributed by atoms with Crippen LogP contribution in [-0.4, -0.2) is 0 Å². The van der Waals surface area contributed by atoms with Crippen LogP contribution in [0.5, 0.6) is 0 Å². The molecule has 11 heavy (non-hydrogen) atoms. The first-order valence-electron chi connectivity index (χ1n) is 4.66. The number of hydrogen-bond donors (Lipinski definition) is 0. The van der Waals surface area contributed by atoms with Gasteiger partial charge in [-0.2, -0.15) is 0 Å². The summed E-state index contributed by atoms with van der Waals surface area (Å²) in [7, 11) is 0. The third kappa shape index (κ3) is 2.69. The van der Waals surface area contributed by atoms with Crippen LogP contribution in [0.3, 0.4) is 0 Å². The molecular weight excluding hydrogens is 132 g/mol. The zero-order chi connectivity index (χ0) is 8.48. The van der Waals surface area contributed by atoms with Gasteiger partial charge < -0.3 is 0 Å². The Morgan fingerprint density at radius 3 is 2.18 bits per heavy atom. The molecule has 0 aliphatic heterocycles. The fourth-order valence-electron chi connectivity index (χ4n) is 1.84. The van der Waals surface area contributed by atoms with Gasteiger partial charge in [0.05, 0.1) is 0 Å². The molecule has 0 saturated heterocycles. The van der Waals surface area contributed by atoms with Crippen molar-refractivity contribution in [2.75, 3.05) is 0 Å².